The molecule has 0 saturated carbocycles. The number of hydrogen-bond acceptors (Lipinski definition) is 5. The van der Waals surface area contributed by atoms with Gasteiger partial charge in [0.1, 0.15) is 11.6 Å². The Bertz CT molecular complexity index is 911. The molecule has 1 aliphatic rings. The molecule has 0 unspecified atom stereocenters. The minimum absolute atomic E-state index is 0.110. The Balaban J connectivity index is 1.59. The number of anilines is 2. The first kappa shape index (κ1) is 20.2. The van der Waals surface area contributed by atoms with E-state index in [0.29, 0.717) is 5.69 Å². The lowest BCUT2D eigenvalue weighted by atomic mass is 10.1. The quantitative estimate of drug-likeness (QED) is 0.769. The summed E-state index contributed by atoms with van der Waals surface area (Å²) in [6.07, 6.45) is 5.08. The van der Waals surface area contributed by atoms with Crippen LogP contribution in [0.4, 0.5) is 15.9 Å². The molecule has 2 aromatic rings. The highest BCUT2D eigenvalue weighted by Gasteiger charge is 2.22. The largest absolute Gasteiger partial charge is 0.357 e. The van der Waals surface area contributed by atoms with Gasteiger partial charge in [-0.3, -0.25) is 4.79 Å². The molecule has 0 spiro atoms. The van der Waals surface area contributed by atoms with Crippen molar-refractivity contribution < 1.29 is 17.6 Å². The van der Waals surface area contributed by atoms with Gasteiger partial charge in [0.05, 0.1) is 22.8 Å². The highest BCUT2D eigenvalue weighted by molar-refractivity contribution is 7.89. The highest BCUT2D eigenvalue weighted by Crippen LogP contribution is 2.19. The number of sulfonamides is 1. The fraction of sp³-hybridized carbons (Fsp3) is 0.368. The molecule has 150 valence electrons. The van der Waals surface area contributed by atoms with E-state index >= 15 is 0 Å². The van der Waals surface area contributed by atoms with Gasteiger partial charge in [0.15, 0.2) is 0 Å². The van der Waals surface area contributed by atoms with E-state index in [9.17, 15) is 17.6 Å². The Morgan fingerprint density at radius 3 is 2.39 bits per heavy atom. The van der Waals surface area contributed by atoms with Crippen LogP contribution < -0.4 is 14.9 Å². The maximum Gasteiger partial charge on any atom is 0.242 e. The van der Waals surface area contributed by atoms with Crippen molar-refractivity contribution in [3.05, 3.63) is 48.4 Å². The molecule has 3 rings (SSSR count). The topological polar surface area (TPSA) is 91.4 Å². The zero-order chi connectivity index (χ0) is 20.1. The van der Waals surface area contributed by atoms with Gasteiger partial charge in [-0.25, -0.2) is 17.8 Å². The molecule has 1 aromatic heterocycles. The first-order chi connectivity index (χ1) is 13.3. The third-order valence-electron chi connectivity index (χ3n) is 4.54. The van der Waals surface area contributed by atoms with Crippen molar-refractivity contribution in [1.82, 2.24) is 9.71 Å². The molecule has 2 N–H and O–H groups in total. The third-order valence-corrected chi connectivity index (χ3v) is 6.10. The summed E-state index contributed by atoms with van der Waals surface area (Å²) in [7, 11) is -3.93. The van der Waals surface area contributed by atoms with Crippen molar-refractivity contribution >= 4 is 27.4 Å². The normalized spacial score (nSPS) is 15.9. The second-order valence-electron chi connectivity index (χ2n) is 6.74. The smallest absolute Gasteiger partial charge is 0.242 e. The summed E-state index contributed by atoms with van der Waals surface area (Å²) in [5.74, 6) is -0.189. The summed E-state index contributed by atoms with van der Waals surface area (Å²) in [5, 5.41) is 2.65. The molecule has 0 bridgehead atoms. The van der Waals surface area contributed by atoms with Crippen LogP contribution in [-0.2, 0) is 14.8 Å². The number of halogens is 1. The minimum atomic E-state index is -3.93. The van der Waals surface area contributed by atoms with Gasteiger partial charge in [0, 0.05) is 13.1 Å². The molecule has 1 saturated heterocycles. The predicted octanol–water partition coefficient (Wildman–Crippen LogP) is 2.52. The molecule has 1 aliphatic heterocycles. The monoisotopic (exact) mass is 406 g/mol. The standard InChI is InChI=1S/C19H23FN4O3S/c1-14(23-28(26,27)17-8-5-15(20)6-9-17)19(25)22-16-7-10-18(21-13-16)24-11-3-2-4-12-24/h5-10,13-14,23H,2-4,11-12H2,1H3,(H,22,25)/t14-/m0/s1. The van der Waals surface area contributed by atoms with Crippen molar-refractivity contribution in [2.45, 2.75) is 37.1 Å². The van der Waals surface area contributed by atoms with Gasteiger partial charge in [-0.05, 0) is 62.6 Å². The summed E-state index contributed by atoms with van der Waals surface area (Å²) < 4.78 is 39.8. The highest BCUT2D eigenvalue weighted by atomic mass is 32.2. The zero-order valence-electron chi connectivity index (χ0n) is 15.6. The maximum absolute atomic E-state index is 13.0. The maximum atomic E-state index is 13.0. The summed E-state index contributed by atoms with van der Waals surface area (Å²) in [6, 6.07) is 6.96. The predicted molar refractivity (Wildman–Crippen MR) is 105 cm³/mol. The second-order valence-corrected chi connectivity index (χ2v) is 8.45. The second kappa shape index (κ2) is 8.66. The molecule has 1 atom stereocenters. The first-order valence-electron chi connectivity index (χ1n) is 9.15. The number of benzene rings is 1. The Kier molecular flexibility index (Phi) is 6.25. The van der Waals surface area contributed by atoms with Gasteiger partial charge >= 0.3 is 0 Å². The van der Waals surface area contributed by atoms with E-state index < -0.39 is 27.8 Å². The van der Waals surface area contributed by atoms with E-state index in [1.807, 2.05) is 6.07 Å². The number of carbonyl (C=O) groups is 1. The lowest BCUT2D eigenvalue weighted by Crippen LogP contribution is -2.41. The SMILES string of the molecule is C[C@H](NS(=O)(=O)c1ccc(F)cc1)C(=O)Nc1ccc(N2CCCCC2)nc1. The summed E-state index contributed by atoms with van der Waals surface area (Å²) in [5.41, 5.74) is 0.485. The van der Waals surface area contributed by atoms with Crippen molar-refractivity contribution in [3.63, 3.8) is 0 Å². The number of nitrogens with zero attached hydrogens (tertiary/aromatic N) is 2. The molecule has 28 heavy (non-hydrogen) atoms. The molecule has 0 radical (unpaired) electrons. The Labute approximate surface area is 164 Å². The summed E-state index contributed by atoms with van der Waals surface area (Å²) in [6.45, 7) is 3.38. The van der Waals surface area contributed by atoms with Crippen LogP contribution in [0.5, 0.6) is 0 Å². The van der Waals surface area contributed by atoms with Crippen LogP contribution in [0.2, 0.25) is 0 Å². The van der Waals surface area contributed by atoms with Crippen LogP contribution in [0.25, 0.3) is 0 Å². The molecule has 2 heterocycles. The Morgan fingerprint density at radius 1 is 1.11 bits per heavy atom. The first-order valence-corrected chi connectivity index (χ1v) is 10.6. The molecule has 0 aliphatic carbocycles. The van der Waals surface area contributed by atoms with Crippen molar-refractivity contribution in [3.8, 4) is 0 Å². The fourth-order valence-corrected chi connectivity index (χ4v) is 4.19. The van der Waals surface area contributed by atoms with Crippen molar-refractivity contribution in [1.29, 1.82) is 0 Å². The fourth-order valence-electron chi connectivity index (χ4n) is 2.99. The third kappa shape index (κ3) is 5.05. The lowest BCUT2D eigenvalue weighted by Gasteiger charge is -2.27. The van der Waals surface area contributed by atoms with Crippen LogP contribution in [0, 0.1) is 5.82 Å². The summed E-state index contributed by atoms with van der Waals surface area (Å²) >= 11 is 0. The number of rotatable bonds is 6. The van der Waals surface area contributed by atoms with Crippen molar-refractivity contribution in [2.24, 2.45) is 0 Å². The number of piperidine rings is 1. The van der Waals surface area contributed by atoms with Crippen LogP contribution in [0.15, 0.2) is 47.5 Å². The van der Waals surface area contributed by atoms with Gasteiger partial charge in [-0.15, -0.1) is 0 Å². The minimum Gasteiger partial charge on any atom is -0.357 e. The average molecular weight is 406 g/mol. The van der Waals surface area contributed by atoms with E-state index in [1.165, 1.54) is 13.3 Å². The molecular formula is C19H23FN4O3S. The zero-order valence-corrected chi connectivity index (χ0v) is 16.4. The van der Waals surface area contributed by atoms with E-state index in [4.69, 9.17) is 0 Å². The van der Waals surface area contributed by atoms with Gasteiger partial charge in [-0.1, -0.05) is 0 Å². The van der Waals surface area contributed by atoms with Gasteiger partial charge < -0.3 is 10.2 Å². The number of pyridine rings is 1. The van der Waals surface area contributed by atoms with Crippen molar-refractivity contribution in [2.75, 3.05) is 23.3 Å². The van der Waals surface area contributed by atoms with Gasteiger partial charge in [0.2, 0.25) is 15.9 Å². The lowest BCUT2D eigenvalue weighted by molar-refractivity contribution is -0.117. The van der Waals surface area contributed by atoms with E-state index in [1.54, 1.807) is 12.3 Å². The van der Waals surface area contributed by atoms with Crippen LogP contribution >= 0.6 is 0 Å². The van der Waals surface area contributed by atoms with E-state index in [0.717, 1.165) is 56.0 Å². The number of carbonyl (C=O) groups excluding carboxylic acids is 1. The number of aromatic nitrogens is 1. The Hall–Kier alpha value is -2.52. The Morgan fingerprint density at radius 2 is 1.79 bits per heavy atom. The molecule has 7 nitrogen and oxygen atoms in total. The number of amides is 1. The molecular weight excluding hydrogens is 383 g/mol. The van der Waals surface area contributed by atoms with Crippen LogP contribution in [-0.4, -0.2) is 38.4 Å². The van der Waals surface area contributed by atoms with Crippen LogP contribution in [0.3, 0.4) is 0 Å². The van der Waals surface area contributed by atoms with E-state index in [2.05, 4.69) is 19.9 Å². The van der Waals surface area contributed by atoms with Gasteiger partial charge in [-0.2, -0.15) is 4.72 Å². The number of hydrogen-bond donors (Lipinski definition) is 2. The molecule has 1 fully saturated rings. The van der Waals surface area contributed by atoms with Crippen LogP contribution in [0.1, 0.15) is 26.2 Å². The molecule has 1 amide bonds. The summed E-state index contributed by atoms with van der Waals surface area (Å²) in [4.78, 5) is 18.8. The number of nitrogens with one attached hydrogen (secondary N) is 2. The average Bonchev–Trinajstić information content (AvgIpc) is 2.69. The molecule has 9 heteroatoms. The molecule has 1 aromatic carbocycles. The van der Waals surface area contributed by atoms with Gasteiger partial charge in [0.25, 0.3) is 0 Å². The van der Waals surface area contributed by atoms with E-state index in [-0.39, 0.29) is 4.90 Å².